The van der Waals surface area contributed by atoms with E-state index in [0.717, 1.165) is 11.4 Å². The maximum absolute atomic E-state index is 14.8. The Labute approximate surface area is 208 Å². The van der Waals surface area contributed by atoms with Gasteiger partial charge in [0.05, 0.1) is 34.8 Å². The first kappa shape index (κ1) is 28.4. The Morgan fingerprint density at radius 3 is 2.29 bits per heavy atom. The maximum Gasteiger partial charge on any atom is 0.416 e. The molecule has 0 aromatic heterocycles. The highest BCUT2D eigenvalue weighted by atomic mass is 35.5. The number of halogens is 5. The van der Waals surface area contributed by atoms with Gasteiger partial charge in [0.25, 0.3) is 0 Å². The van der Waals surface area contributed by atoms with Crippen LogP contribution < -0.4 is 4.90 Å². The number of carbonyl (C=O) groups excluding carboxylic acids is 1. The monoisotopic (exact) mass is 515 g/mol. The van der Waals surface area contributed by atoms with Gasteiger partial charge in [0.1, 0.15) is 11.4 Å². The van der Waals surface area contributed by atoms with E-state index >= 15 is 0 Å². The molecule has 0 aliphatic carbocycles. The molecule has 1 amide bonds. The average Bonchev–Trinajstić information content (AvgIpc) is 2.72. The van der Waals surface area contributed by atoms with Crippen LogP contribution in [0.25, 0.3) is 0 Å². The largest absolute Gasteiger partial charge is 0.443 e. The van der Waals surface area contributed by atoms with Crippen LogP contribution in [-0.4, -0.2) is 36.5 Å². The van der Waals surface area contributed by atoms with Gasteiger partial charge in [-0.3, -0.25) is 4.90 Å². The molecule has 2 aromatic carbocycles. The fraction of sp³-hybridized carbons (Fsp3) is 0.440. The molecule has 0 radical (unpaired) electrons. The van der Waals surface area contributed by atoms with Crippen molar-refractivity contribution in [1.82, 2.24) is 4.90 Å². The van der Waals surface area contributed by atoms with Gasteiger partial charge in [0, 0.05) is 19.2 Å². The Bertz CT molecular complexity index is 1110. The molecular weight excluding hydrogens is 486 g/mol. The molecule has 0 spiro atoms. The summed E-state index contributed by atoms with van der Waals surface area (Å²) >= 11 is 5.76. The quantitative estimate of drug-likeness (QED) is 0.225. The zero-order chi connectivity index (χ0) is 26.7. The number of hydrogen-bond acceptors (Lipinski definition) is 3. The lowest BCUT2D eigenvalue weighted by molar-refractivity contribution is -0.137. The van der Waals surface area contributed by atoms with E-state index in [2.05, 4.69) is 4.99 Å². The summed E-state index contributed by atoms with van der Waals surface area (Å²) in [6, 6.07) is 4.59. The van der Waals surface area contributed by atoms with Gasteiger partial charge < -0.3 is 9.64 Å². The predicted molar refractivity (Wildman–Crippen MR) is 131 cm³/mol. The Morgan fingerprint density at radius 2 is 1.74 bits per heavy atom. The molecule has 2 aromatic rings. The smallest absolute Gasteiger partial charge is 0.416 e. The zero-order valence-electron chi connectivity index (χ0n) is 20.8. The predicted octanol–water partition coefficient (Wildman–Crippen LogP) is 7.67. The highest BCUT2D eigenvalue weighted by Gasteiger charge is 2.33. The van der Waals surface area contributed by atoms with Gasteiger partial charge in [-0.25, -0.2) is 14.2 Å². The molecule has 0 unspecified atom stereocenters. The highest BCUT2D eigenvalue weighted by Crippen LogP contribution is 2.36. The van der Waals surface area contributed by atoms with Crippen molar-refractivity contribution in [3.8, 4) is 0 Å². The lowest BCUT2D eigenvalue weighted by atomic mass is 10.1. The molecule has 0 heterocycles. The second-order valence-corrected chi connectivity index (χ2v) is 9.65. The van der Waals surface area contributed by atoms with E-state index in [9.17, 15) is 22.4 Å². The molecule has 0 aliphatic rings. The van der Waals surface area contributed by atoms with Crippen molar-refractivity contribution in [1.29, 1.82) is 0 Å². The number of benzene rings is 2. The first-order valence-corrected chi connectivity index (χ1v) is 11.3. The Balaban J connectivity index is 2.61. The SMILES string of the molecule is CCN(C)C=Nc1cc(C)c(N(Cc2cc(C(F)(F)F)cc(Cl)c2F)C(=O)OC(C)(C)C)cc1C. The Morgan fingerprint density at radius 1 is 1.11 bits per heavy atom. The van der Waals surface area contributed by atoms with Crippen molar-refractivity contribution in [2.75, 3.05) is 18.5 Å². The van der Waals surface area contributed by atoms with Crippen LogP contribution in [0.2, 0.25) is 5.02 Å². The van der Waals surface area contributed by atoms with Gasteiger partial charge in [-0.05, 0) is 76.9 Å². The normalized spacial score (nSPS) is 12.2. The summed E-state index contributed by atoms with van der Waals surface area (Å²) in [4.78, 5) is 20.6. The molecule has 0 bridgehead atoms. The van der Waals surface area contributed by atoms with Crippen molar-refractivity contribution in [2.45, 2.75) is 59.9 Å². The third-order valence-electron chi connectivity index (χ3n) is 5.07. The molecule has 2 rings (SSSR count). The molecule has 0 fully saturated rings. The molecule has 0 aliphatic heterocycles. The van der Waals surface area contributed by atoms with E-state index in [0.29, 0.717) is 34.6 Å². The number of carbonyl (C=O) groups is 1. The molecule has 5 nitrogen and oxygen atoms in total. The standard InChI is InChI=1S/C25H30ClF4N3O2/c1-8-32(7)14-31-20-9-16(3)21(10-15(20)2)33(23(34)35-24(4,5)6)13-17-11-18(25(28,29)30)12-19(26)22(17)27/h9-12,14H,8,13H2,1-7H3. The molecular formula is C25H30ClF4N3O2. The van der Waals surface area contributed by atoms with Gasteiger partial charge >= 0.3 is 12.3 Å². The van der Waals surface area contributed by atoms with Gasteiger partial charge in [-0.2, -0.15) is 13.2 Å². The number of ether oxygens (including phenoxy) is 1. The number of aryl methyl sites for hydroxylation is 2. The summed E-state index contributed by atoms with van der Waals surface area (Å²) in [5.41, 5.74) is -0.0673. The molecule has 0 atom stereocenters. The second kappa shape index (κ2) is 10.8. The Kier molecular flexibility index (Phi) is 8.81. The van der Waals surface area contributed by atoms with E-state index in [1.165, 1.54) is 0 Å². The minimum Gasteiger partial charge on any atom is -0.443 e. The number of hydrogen-bond donors (Lipinski definition) is 0. The summed E-state index contributed by atoms with van der Waals surface area (Å²) in [6.07, 6.45) is -3.90. The first-order valence-electron chi connectivity index (χ1n) is 10.9. The number of aliphatic imine (C=N–C) groups is 1. The van der Waals surface area contributed by atoms with Crippen molar-refractivity contribution < 1.29 is 27.1 Å². The highest BCUT2D eigenvalue weighted by molar-refractivity contribution is 6.30. The van der Waals surface area contributed by atoms with Gasteiger partial charge in [0.15, 0.2) is 0 Å². The zero-order valence-corrected chi connectivity index (χ0v) is 21.6. The van der Waals surface area contributed by atoms with E-state index in [1.54, 1.807) is 53.1 Å². The summed E-state index contributed by atoms with van der Waals surface area (Å²) in [5.74, 6) is -1.04. The minimum atomic E-state index is -4.74. The third kappa shape index (κ3) is 7.59. The van der Waals surface area contributed by atoms with Crippen molar-refractivity contribution in [3.63, 3.8) is 0 Å². The van der Waals surface area contributed by atoms with Crippen LogP contribution in [0.4, 0.5) is 33.7 Å². The molecule has 0 saturated carbocycles. The molecule has 192 valence electrons. The number of rotatable bonds is 6. The second-order valence-electron chi connectivity index (χ2n) is 9.24. The average molecular weight is 516 g/mol. The Hall–Kier alpha value is -2.81. The summed E-state index contributed by atoms with van der Waals surface area (Å²) in [5, 5.41) is -0.684. The van der Waals surface area contributed by atoms with Crippen LogP contribution in [0.5, 0.6) is 0 Å². The van der Waals surface area contributed by atoms with Crippen LogP contribution >= 0.6 is 11.6 Å². The summed E-state index contributed by atoms with van der Waals surface area (Å²) < 4.78 is 60.3. The van der Waals surface area contributed by atoms with Crippen molar-refractivity contribution >= 4 is 35.4 Å². The summed E-state index contributed by atoms with van der Waals surface area (Å²) in [7, 11) is 1.87. The number of anilines is 1. The van der Waals surface area contributed by atoms with Gasteiger partial charge in [-0.1, -0.05) is 11.6 Å². The summed E-state index contributed by atoms with van der Waals surface area (Å²) in [6.45, 7) is 10.7. The minimum absolute atomic E-state index is 0.354. The van der Waals surface area contributed by atoms with Crippen molar-refractivity contribution in [2.24, 2.45) is 4.99 Å². The van der Waals surface area contributed by atoms with E-state index < -0.39 is 40.8 Å². The number of alkyl halides is 3. The fourth-order valence-corrected chi connectivity index (χ4v) is 3.36. The van der Waals surface area contributed by atoms with E-state index in [4.69, 9.17) is 16.3 Å². The number of nitrogens with zero attached hydrogens (tertiary/aromatic N) is 3. The lowest BCUT2D eigenvalue weighted by Gasteiger charge is -2.29. The van der Waals surface area contributed by atoms with Gasteiger partial charge in [0.2, 0.25) is 0 Å². The molecule has 0 N–H and O–H groups in total. The lowest BCUT2D eigenvalue weighted by Crippen LogP contribution is -2.37. The van der Waals surface area contributed by atoms with Crippen LogP contribution in [0.1, 0.15) is 49.9 Å². The van der Waals surface area contributed by atoms with Crippen LogP contribution in [-0.2, 0) is 17.5 Å². The molecule has 0 saturated heterocycles. The van der Waals surface area contributed by atoms with Crippen LogP contribution in [0.15, 0.2) is 29.3 Å². The van der Waals surface area contributed by atoms with Crippen LogP contribution in [0.3, 0.4) is 0 Å². The number of amides is 1. The maximum atomic E-state index is 14.8. The first-order chi connectivity index (χ1) is 16.0. The van der Waals surface area contributed by atoms with E-state index in [-0.39, 0.29) is 5.56 Å². The van der Waals surface area contributed by atoms with Crippen LogP contribution in [0, 0.1) is 19.7 Å². The van der Waals surface area contributed by atoms with Crippen molar-refractivity contribution in [3.05, 3.63) is 57.4 Å². The molecule has 35 heavy (non-hydrogen) atoms. The van der Waals surface area contributed by atoms with E-state index in [1.807, 2.05) is 18.9 Å². The van der Waals surface area contributed by atoms with Gasteiger partial charge in [-0.15, -0.1) is 0 Å². The molecule has 10 heteroatoms. The topological polar surface area (TPSA) is 45.1 Å². The fourth-order valence-electron chi connectivity index (χ4n) is 3.12. The third-order valence-corrected chi connectivity index (χ3v) is 5.35.